The highest BCUT2D eigenvalue weighted by atomic mass is 32.2. The van der Waals surface area contributed by atoms with E-state index in [1.807, 2.05) is 42.5 Å². The molecule has 32 heavy (non-hydrogen) atoms. The van der Waals surface area contributed by atoms with Crippen molar-refractivity contribution in [3.8, 4) is 17.2 Å². The van der Waals surface area contributed by atoms with E-state index in [0.717, 1.165) is 43.0 Å². The molecule has 2 aromatic rings. The van der Waals surface area contributed by atoms with Crippen molar-refractivity contribution in [2.75, 3.05) is 33.4 Å². The molecule has 4 rings (SSSR count). The summed E-state index contributed by atoms with van der Waals surface area (Å²) in [6.07, 6.45) is 3.71. The van der Waals surface area contributed by atoms with Crippen molar-refractivity contribution in [2.24, 2.45) is 0 Å². The first-order valence-corrected chi connectivity index (χ1v) is 11.9. The SMILES string of the molecule is COc1cccc(CNCCCCN2C(=O)/C(=C/c3ccc4c(c3)OCCO4)SC2=S)c1. The third-order valence-corrected chi connectivity index (χ3v) is 6.56. The zero-order valence-electron chi connectivity index (χ0n) is 18.0. The summed E-state index contributed by atoms with van der Waals surface area (Å²) in [5.41, 5.74) is 2.09. The van der Waals surface area contributed by atoms with Gasteiger partial charge in [-0.25, -0.2) is 0 Å². The molecule has 0 aromatic heterocycles. The second kappa shape index (κ2) is 10.8. The molecule has 0 bridgehead atoms. The van der Waals surface area contributed by atoms with Crippen molar-refractivity contribution in [1.29, 1.82) is 0 Å². The number of hydrogen-bond donors (Lipinski definition) is 1. The molecule has 6 nitrogen and oxygen atoms in total. The van der Waals surface area contributed by atoms with Crippen molar-refractivity contribution >= 4 is 40.3 Å². The molecule has 1 fully saturated rings. The average molecular weight is 471 g/mol. The van der Waals surface area contributed by atoms with Crippen LogP contribution in [0.3, 0.4) is 0 Å². The normalized spacial score (nSPS) is 16.7. The summed E-state index contributed by atoms with van der Waals surface area (Å²) in [6, 6.07) is 13.7. The lowest BCUT2D eigenvalue weighted by atomic mass is 10.1. The fourth-order valence-electron chi connectivity index (χ4n) is 3.53. The topological polar surface area (TPSA) is 60.0 Å². The Morgan fingerprint density at radius 3 is 2.84 bits per heavy atom. The Hall–Kier alpha value is -2.55. The number of methoxy groups -OCH3 is 1. The molecule has 2 aromatic carbocycles. The van der Waals surface area contributed by atoms with Crippen molar-refractivity contribution in [3.05, 3.63) is 58.5 Å². The van der Waals surface area contributed by atoms with Crippen LogP contribution < -0.4 is 19.5 Å². The van der Waals surface area contributed by atoms with E-state index in [9.17, 15) is 4.79 Å². The maximum absolute atomic E-state index is 12.8. The minimum Gasteiger partial charge on any atom is -0.497 e. The predicted molar refractivity (Wildman–Crippen MR) is 131 cm³/mol. The first-order chi connectivity index (χ1) is 15.6. The second-order valence-corrected chi connectivity index (χ2v) is 9.15. The lowest BCUT2D eigenvalue weighted by Crippen LogP contribution is -2.29. The van der Waals surface area contributed by atoms with Gasteiger partial charge in [-0.2, -0.15) is 0 Å². The predicted octanol–water partition coefficient (Wildman–Crippen LogP) is 4.24. The maximum Gasteiger partial charge on any atom is 0.266 e. The van der Waals surface area contributed by atoms with Crippen LogP contribution in [0.5, 0.6) is 17.2 Å². The number of fused-ring (bicyclic) bond motifs is 1. The van der Waals surface area contributed by atoms with Crippen molar-refractivity contribution in [3.63, 3.8) is 0 Å². The van der Waals surface area contributed by atoms with Crippen LogP contribution in [0.4, 0.5) is 0 Å². The molecule has 2 aliphatic heterocycles. The summed E-state index contributed by atoms with van der Waals surface area (Å²) in [5, 5.41) is 3.44. The summed E-state index contributed by atoms with van der Waals surface area (Å²) in [4.78, 5) is 15.2. The van der Waals surface area contributed by atoms with Crippen molar-refractivity contribution in [2.45, 2.75) is 19.4 Å². The number of thioether (sulfide) groups is 1. The lowest BCUT2D eigenvalue weighted by Gasteiger charge is -2.18. The molecule has 168 valence electrons. The summed E-state index contributed by atoms with van der Waals surface area (Å²) in [7, 11) is 1.67. The number of carbonyl (C=O) groups excluding carboxylic acids is 1. The highest BCUT2D eigenvalue weighted by Crippen LogP contribution is 2.35. The van der Waals surface area contributed by atoms with Crippen LogP contribution in [-0.4, -0.2) is 48.5 Å². The van der Waals surface area contributed by atoms with E-state index in [1.54, 1.807) is 12.0 Å². The molecule has 2 heterocycles. The monoisotopic (exact) mass is 470 g/mol. The summed E-state index contributed by atoms with van der Waals surface area (Å²) in [6.45, 7) is 3.38. The zero-order chi connectivity index (χ0) is 22.3. The van der Waals surface area contributed by atoms with Gasteiger partial charge in [0.05, 0.1) is 12.0 Å². The number of hydrogen-bond acceptors (Lipinski definition) is 7. The Bertz CT molecular complexity index is 1020. The number of rotatable bonds is 9. The summed E-state index contributed by atoms with van der Waals surface area (Å²) >= 11 is 6.80. The van der Waals surface area contributed by atoms with Crippen LogP contribution in [0.2, 0.25) is 0 Å². The largest absolute Gasteiger partial charge is 0.497 e. The van der Waals surface area contributed by atoms with E-state index >= 15 is 0 Å². The first kappa shape index (κ1) is 22.6. The molecule has 8 heteroatoms. The number of benzene rings is 2. The molecule has 0 radical (unpaired) electrons. The highest BCUT2D eigenvalue weighted by molar-refractivity contribution is 8.26. The Balaban J connectivity index is 1.24. The van der Waals surface area contributed by atoms with Gasteiger partial charge in [0.2, 0.25) is 0 Å². The van der Waals surface area contributed by atoms with Gasteiger partial charge in [-0.1, -0.05) is 42.2 Å². The Labute approximate surface area is 197 Å². The van der Waals surface area contributed by atoms with E-state index in [4.69, 9.17) is 26.4 Å². The molecule has 0 spiro atoms. The number of nitrogens with one attached hydrogen (secondary N) is 1. The molecule has 0 saturated carbocycles. The third kappa shape index (κ3) is 5.62. The fourth-order valence-corrected chi connectivity index (χ4v) is 4.84. The molecule has 1 N–H and O–H groups in total. The number of carbonyl (C=O) groups is 1. The van der Waals surface area contributed by atoms with E-state index in [1.165, 1.54) is 17.3 Å². The summed E-state index contributed by atoms with van der Waals surface area (Å²) in [5.74, 6) is 2.28. The Morgan fingerprint density at radius 1 is 1.16 bits per heavy atom. The van der Waals surface area contributed by atoms with Gasteiger partial charge in [-0.15, -0.1) is 0 Å². The number of unbranched alkanes of at least 4 members (excludes halogenated alkanes) is 1. The van der Waals surface area contributed by atoms with E-state index in [2.05, 4.69) is 11.4 Å². The van der Waals surface area contributed by atoms with Crippen LogP contribution in [0, 0.1) is 0 Å². The van der Waals surface area contributed by atoms with Gasteiger partial charge in [0.1, 0.15) is 23.3 Å². The standard InChI is InChI=1S/C24H26N2O4S2/c1-28-19-6-4-5-18(13-19)16-25-9-2-3-10-26-23(27)22(32-24(26)31)15-17-7-8-20-21(14-17)30-12-11-29-20/h4-8,13-15,25H,2-3,9-12,16H2,1H3/b22-15-. The molecule has 0 unspecified atom stereocenters. The van der Waals surface area contributed by atoms with Crippen LogP contribution in [0.1, 0.15) is 24.0 Å². The molecular weight excluding hydrogens is 444 g/mol. The van der Waals surface area contributed by atoms with Crippen molar-refractivity contribution < 1.29 is 19.0 Å². The minimum atomic E-state index is -0.0285. The Morgan fingerprint density at radius 2 is 2.00 bits per heavy atom. The minimum absolute atomic E-state index is 0.0285. The van der Waals surface area contributed by atoms with Crippen molar-refractivity contribution in [1.82, 2.24) is 10.2 Å². The van der Waals surface area contributed by atoms with Crippen LogP contribution in [-0.2, 0) is 11.3 Å². The van der Waals surface area contributed by atoms with E-state index in [-0.39, 0.29) is 5.91 Å². The summed E-state index contributed by atoms with van der Waals surface area (Å²) < 4.78 is 17.0. The van der Waals surface area contributed by atoms with Crippen LogP contribution in [0.15, 0.2) is 47.4 Å². The molecular formula is C24H26N2O4S2. The fraction of sp³-hybridized carbons (Fsp3) is 0.333. The molecule has 0 atom stereocenters. The number of amides is 1. The highest BCUT2D eigenvalue weighted by Gasteiger charge is 2.31. The van der Waals surface area contributed by atoms with Gasteiger partial charge in [0, 0.05) is 13.1 Å². The lowest BCUT2D eigenvalue weighted by molar-refractivity contribution is -0.122. The molecule has 0 aliphatic carbocycles. The Kier molecular flexibility index (Phi) is 7.68. The van der Waals surface area contributed by atoms with Gasteiger partial charge in [0.15, 0.2) is 11.5 Å². The maximum atomic E-state index is 12.8. The van der Waals surface area contributed by atoms with Gasteiger partial charge in [-0.3, -0.25) is 9.69 Å². The second-order valence-electron chi connectivity index (χ2n) is 7.47. The number of thiocarbonyl (C=S) groups is 1. The van der Waals surface area contributed by atoms with Crippen LogP contribution >= 0.6 is 24.0 Å². The molecule has 1 amide bonds. The molecule has 1 saturated heterocycles. The van der Waals surface area contributed by atoms with E-state index in [0.29, 0.717) is 34.7 Å². The van der Waals surface area contributed by atoms with Gasteiger partial charge >= 0.3 is 0 Å². The van der Waals surface area contributed by atoms with Gasteiger partial charge in [-0.05, 0) is 60.9 Å². The number of ether oxygens (including phenoxy) is 3. The van der Waals surface area contributed by atoms with Gasteiger partial charge in [0.25, 0.3) is 5.91 Å². The molecule has 2 aliphatic rings. The zero-order valence-corrected chi connectivity index (χ0v) is 19.6. The van der Waals surface area contributed by atoms with Gasteiger partial charge < -0.3 is 19.5 Å². The average Bonchev–Trinajstić information content (AvgIpc) is 3.08. The third-order valence-electron chi connectivity index (χ3n) is 5.19. The first-order valence-electron chi connectivity index (χ1n) is 10.6. The van der Waals surface area contributed by atoms with E-state index < -0.39 is 0 Å². The number of nitrogens with zero attached hydrogens (tertiary/aromatic N) is 1. The quantitative estimate of drug-likeness (QED) is 0.334. The van der Waals surface area contributed by atoms with Crippen LogP contribution in [0.25, 0.3) is 6.08 Å². The smallest absolute Gasteiger partial charge is 0.266 e.